The lowest BCUT2D eigenvalue weighted by molar-refractivity contribution is -0.702. The monoisotopic (exact) mass is 372 g/mol. The van der Waals surface area contributed by atoms with Gasteiger partial charge in [-0.15, -0.1) is 0 Å². The average molecular weight is 372 g/mol. The maximum absolute atomic E-state index is 12.0. The first kappa shape index (κ1) is 18.0. The number of phenols is 1. The van der Waals surface area contributed by atoms with E-state index in [2.05, 4.69) is 48.6 Å². The van der Waals surface area contributed by atoms with E-state index < -0.39 is 5.63 Å². The maximum Gasteiger partial charge on any atom is 0.336 e. The van der Waals surface area contributed by atoms with Crippen molar-refractivity contribution >= 4 is 11.0 Å². The fraction of sp³-hybridized carbons (Fsp3) is 0.125. The Morgan fingerprint density at radius 2 is 1.64 bits per heavy atom. The second-order valence-electron chi connectivity index (χ2n) is 7.01. The van der Waals surface area contributed by atoms with E-state index in [1.165, 1.54) is 28.8 Å². The van der Waals surface area contributed by atoms with Crippen LogP contribution in [0.25, 0.3) is 11.0 Å². The van der Waals surface area contributed by atoms with Crippen LogP contribution in [0.3, 0.4) is 0 Å². The summed E-state index contributed by atoms with van der Waals surface area (Å²) < 4.78 is 5.24. The van der Waals surface area contributed by atoms with Gasteiger partial charge in [0.1, 0.15) is 23.9 Å². The molecule has 28 heavy (non-hydrogen) atoms. The summed E-state index contributed by atoms with van der Waals surface area (Å²) in [6.07, 6.45) is 0. The lowest BCUT2D eigenvalue weighted by Gasteiger charge is -2.17. The maximum atomic E-state index is 12.0. The highest BCUT2D eigenvalue weighted by atomic mass is 16.4. The van der Waals surface area contributed by atoms with Crippen molar-refractivity contribution in [1.82, 2.24) is 0 Å². The van der Waals surface area contributed by atoms with E-state index in [-0.39, 0.29) is 11.8 Å². The third-order valence-corrected chi connectivity index (χ3v) is 4.98. The highest BCUT2D eigenvalue weighted by Crippen LogP contribution is 2.22. The Kier molecular flexibility index (Phi) is 4.96. The minimum Gasteiger partial charge on any atom is -0.508 e. The summed E-state index contributed by atoms with van der Waals surface area (Å²) in [5.41, 5.74) is 4.52. The predicted molar refractivity (Wildman–Crippen MR) is 109 cm³/mol. The Hall–Kier alpha value is -3.37. The van der Waals surface area contributed by atoms with E-state index in [1.807, 2.05) is 18.2 Å². The molecular weight excluding hydrogens is 350 g/mol. The number of hydrogen-bond acceptors (Lipinski definition) is 3. The lowest BCUT2D eigenvalue weighted by Crippen LogP contribution is -2.84. The Labute approximate surface area is 163 Å². The quantitative estimate of drug-likeness (QED) is 0.526. The zero-order valence-electron chi connectivity index (χ0n) is 15.6. The third kappa shape index (κ3) is 3.82. The molecule has 4 nitrogen and oxygen atoms in total. The SMILES string of the molecule is Cc1ccc([C@@H]([NH2+]Cc2cc(=O)oc3cc(O)ccc23)c2ccccc2)cc1. The average Bonchev–Trinajstić information content (AvgIpc) is 2.69. The van der Waals surface area contributed by atoms with Gasteiger partial charge < -0.3 is 14.8 Å². The molecule has 0 radical (unpaired) electrons. The highest BCUT2D eigenvalue weighted by Gasteiger charge is 2.18. The van der Waals surface area contributed by atoms with Crippen molar-refractivity contribution in [3.8, 4) is 5.75 Å². The summed E-state index contributed by atoms with van der Waals surface area (Å²) in [6, 6.07) is 25.4. The predicted octanol–water partition coefficient (Wildman–Crippen LogP) is 3.66. The molecule has 0 unspecified atom stereocenters. The first-order valence-electron chi connectivity index (χ1n) is 9.31. The van der Waals surface area contributed by atoms with Crippen molar-refractivity contribution in [2.45, 2.75) is 19.5 Å². The van der Waals surface area contributed by atoms with E-state index in [9.17, 15) is 9.90 Å². The fourth-order valence-corrected chi connectivity index (χ4v) is 3.53. The molecule has 4 aromatic rings. The summed E-state index contributed by atoms with van der Waals surface area (Å²) in [7, 11) is 0. The summed E-state index contributed by atoms with van der Waals surface area (Å²) in [4.78, 5) is 12.0. The van der Waals surface area contributed by atoms with Crippen LogP contribution in [0.15, 0.2) is 88.1 Å². The summed E-state index contributed by atoms with van der Waals surface area (Å²) in [5, 5.41) is 12.7. The number of aromatic hydroxyl groups is 1. The Morgan fingerprint density at radius 1 is 0.929 bits per heavy atom. The van der Waals surface area contributed by atoms with E-state index in [4.69, 9.17) is 4.42 Å². The van der Waals surface area contributed by atoms with Gasteiger partial charge in [0.25, 0.3) is 0 Å². The molecule has 3 N–H and O–H groups in total. The van der Waals surface area contributed by atoms with Crippen molar-refractivity contribution in [2.75, 3.05) is 0 Å². The third-order valence-electron chi connectivity index (χ3n) is 4.98. The zero-order valence-corrected chi connectivity index (χ0v) is 15.6. The molecular formula is C24H22NO3+. The van der Waals surface area contributed by atoms with Crippen LogP contribution in [-0.4, -0.2) is 5.11 Å². The molecule has 0 fully saturated rings. The topological polar surface area (TPSA) is 67.0 Å². The van der Waals surface area contributed by atoms with Crippen LogP contribution in [0, 0.1) is 6.92 Å². The summed E-state index contributed by atoms with van der Waals surface area (Å²) in [5.74, 6) is 0.0820. The highest BCUT2D eigenvalue weighted by molar-refractivity contribution is 5.81. The van der Waals surface area contributed by atoms with Gasteiger partial charge in [0.15, 0.2) is 0 Å². The number of rotatable bonds is 5. The number of fused-ring (bicyclic) bond motifs is 1. The van der Waals surface area contributed by atoms with Crippen molar-refractivity contribution < 1.29 is 14.8 Å². The molecule has 3 aromatic carbocycles. The normalized spacial score (nSPS) is 12.2. The smallest absolute Gasteiger partial charge is 0.336 e. The van der Waals surface area contributed by atoms with Gasteiger partial charge in [0, 0.05) is 34.2 Å². The standard InChI is InChI=1S/C24H21NO3/c1-16-7-9-18(10-8-16)24(17-5-3-2-4-6-17)25-15-19-13-23(27)28-22-14-20(26)11-12-21(19)22/h2-14,24-26H,15H2,1H3/p+1/t24-/m0/s1. The molecule has 0 aliphatic carbocycles. The molecule has 1 heterocycles. The van der Waals surface area contributed by atoms with E-state index >= 15 is 0 Å². The largest absolute Gasteiger partial charge is 0.508 e. The molecule has 1 atom stereocenters. The Balaban J connectivity index is 1.70. The van der Waals surface area contributed by atoms with Gasteiger partial charge in [0.2, 0.25) is 0 Å². The van der Waals surface area contributed by atoms with Crippen LogP contribution in [-0.2, 0) is 6.54 Å². The van der Waals surface area contributed by atoms with Gasteiger partial charge in [-0.1, -0.05) is 60.2 Å². The van der Waals surface area contributed by atoms with Gasteiger partial charge in [-0.2, -0.15) is 0 Å². The molecule has 4 heteroatoms. The van der Waals surface area contributed by atoms with Crippen LogP contribution < -0.4 is 10.9 Å². The summed E-state index contributed by atoms with van der Waals surface area (Å²) in [6.45, 7) is 2.69. The molecule has 0 bridgehead atoms. The van der Waals surface area contributed by atoms with Crippen LogP contribution in [0.4, 0.5) is 0 Å². The van der Waals surface area contributed by atoms with Crippen molar-refractivity contribution in [1.29, 1.82) is 0 Å². The van der Waals surface area contributed by atoms with E-state index in [1.54, 1.807) is 12.1 Å². The van der Waals surface area contributed by atoms with Gasteiger partial charge in [-0.25, -0.2) is 4.79 Å². The molecule has 0 aliphatic heterocycles. The Morgan fingerprint density at radius 3 is 2.39 bits per heavy atom. The molecule has 0 amide bonds. The number of nitrogens with two attached hydrogens (primary N) is 1. The molecule has 0 saturated carbocycles. The van der Waals surface area contributed by atoms with Gasteiger partial charge in [0.05, 0.1) is 0 Å². The molecule has 4 rings (SSSR count). The molecule has 140 valence electrons. The molecule has 0 saturated heterocycles. The first-order valence-corrected chi connectivity index (χ1v) is 9.31. The minimum atomic E-state index is -0.409. The Bertz CT molecular complexity index is 1150. The van der Waals surface area contributed by atoms with Gasteiger partial charge in [-0.3, -0.25) is 0 Å². The second kappa shape index (κ2) is 7.71. The number of hydrogen-bond donors (Lipinski definition) is 2. The van der Waals surface area contributed by atoms with E-state index in [0.717, 1.165) is 10.9 Å². The van der Waals surface area contributed by atoms with E-state index in [0.29, 0.717) is 12.1 Å². The minimum absolute atomic E-state index is 0.0820. The van der Waals surface area contributed by atoms with Crippen LogP contribution in [0.5, 0.6) is 5.75 Å². The van der Waals surface area contributed by atoms with Crippen LogP contribution in [0.2, 0.25) is 0 Å². The summed E-state index contributed by atoms with van der Waals surface area (Å²) >= 11 is 0. The molecule has 0 spiro atoms. The fourth-order valence-electron chi connectivity index (χ4n) is 3.53. The zero-order chi connectivity index (χ0) is 19.5. The molecule has 0 aliphatic rings. The first-order chi connectivity index (χ1) is 13.6. The molecule has 1 aromatic heterocycles. The van der Waals surface area contributed by atoms with Crippen molar-refractivity contribution in [2.24, 2.45) is 0 Å². The number of quaternary nitrogens is 1. The second-order valence-corrected chi connectivity index (χ2v) is 7.01. The van der Waals surface area contributed by atoms with Crippen LogP contribution in [0.1, 0.15) is 28.3 Å². The van der Waals surface area contributed by atoms with Crippen molar-refractivity contribution in [3.63, 3.8) is 0 Å². The lowest BCUT2D eigenvalue weighted by atomic mass is 9.97. The van der Waals surface area contributed by atoms with Gasteiger partial charge >= 0.3 is 5.63 Å². The number of aryl methyl sites for hydroxylation is 1. The number of benzene rings is 3. The van der Waals surface area contributed by atoms with Crippen molar-refractivity contribution in [3.05, 3.63) is 112 Å². The van der Waals surface area contributed by atoms with Crippen LogP contribution >= 0.6 is 0 Å². The van der Waals surface area contributed by atoms with Gasteiger partial charge in [-0.05, 0) is 19.1 Å². The number of phenolic OH excluding ortho intramolecular Hbond substituents is 1.